The molecular weight excluding hydrogens is 297 g/mol. The quantitative estimate of drug-likeness (QED) is 0.399. The van der Waals surface area contributed by atoms with Gasteiger partial charge in [0.2, 0.25) is 3.79 Å². The molecule has 1 rings (SSSR count). The number of hydrogen-bond acceptors (Lipinski definition) is 6. The molecule has 5 nitrogen and oxygen atoms in total. The van der Waals surface area contributed by atoms with Gasteiger partial charge in [0.05, 0.1) is 0 Å². The first kappa shape index (κ1) is 13.5. The Kier molecular flexibility index (Phi) is 4.79. The van der Waals surface area contributed by atoms with Crippen LogP contribution >= 0.6 is 46.1 Å². The fourth-order valence-electron chi connectivity index (χ4n) is 0.709. The SMILES string of the molecule is Nc1nc(/C(C=O)=N/OCC(Cl)(Cl)Cl)cs1. The molecule has 0 aliphatic carbocycles. The highest BCUT2D eigenvalue weighted by molar-refractivity contribution is 7.13. The summed E-state index contributed by atoms with van der Waals surface area (Å²) in [6.07, 6.45) is 0.479. The summed E-state index contributed by atoms with van der Waals surface area (Å²) in [5.74, 6) is 0. The van der Waals surface area contributed by atoms with Gasteiger partial charge in [0, 0.05) is 5.38 Å². The minimum absolute atomic E-state index is 0.0119. The number of aromatic nitrogens is 1. The second-order valence-corrected chi connectivity index (χ2v) is 5.96. The van der Waals surface area contributed by atoms with Gasteiger partial charge in [0.25, 0.3) is 0 Å². The molecule has 0 spiro atoms. The molecule has 0 radical (unpaired) electrons. The summed E-state index contributed by atoms with van der Waals surface area (Å²) < 4.78 is -1.58. The van der Waals surface area contributed by atoms with E-state index in [1.165, 1.54) is 11.3 Å². The zero-order valence-corrected chi connectivity index (χ0v) is 10.8. The Labute approximate surface area is 110 Å². The molecule has 0 aliphatic rings. The first-order valence-electron chi connectivity index (χ1n) is 3.85. The molecule has 88 valence electrons. The molecule has 0 unspecified atom stereocenters. The third-order valence-corrected chi connectivity index (χ3v) is 2.29. The molecule has 0 aromatic carbocycles. The number of halogens is 3. The molecule has 0 saturated carbocycles. The second kappa shape index (κ2) is 5.67. The van der Waals surface area contributed by atoms with E-state index in [1.807, 2.05) is 0 Å². The maximum absolute atomic E-state index is 10.7. The minimum atomic E-state index is -1.58. The maximum Gasteiger partial charge on any atom is 0.226 e. The van der Waals surface area contributed by atoms with E-state index in [0.29, 0.717) is 17.1 Å². The number of nitrogens with two attached hydrogens (primary N) is 1. The Morgan fingerprint density at radius 1 is 1.69 bits per heavy atom. The first-order chi connectivity index (χ1) is 7.42. The van der Waals surface area contributed by atoms with Crippen LogP contribution in [0.3, 0.4) is 0 Å². The fourth-order valence-corrected chi connectivity index (χ4v) is 1.41. The Balaban J connectivity index is 2.68. The van der Waals surface area contributed by atoms with Gasteiger partial charge >= 0.3 is 0 Å². The number of nitrogens with zero attached hydrogens (tertiary/aromatic N) is 2. The standard InChI is InChI=1S/C7H6Cl3N3O2S/c8-7(9,10)3-15-13-4(1-14)5-2-16-6(11)12-5/h1-2H,3H2,(H2,11,12)/b13-4+. The minimum Gasteiger partial charge on any atom is -0.391 e. The molecular formula is C7H6Cl3N3O2S. The number of thiazole rings is 1. The molecule has 0 saturated heterocycles. The lowest BCUT2D eigenvalue weighted by Gasteiger charge is -2.07. The van der Waals surface area contributed by atoms with Crippen LogP contribution in [-0.2, 0) is 9.63 Å². The lowest BCUT2D eigenvalue weighted by atomic mass is 10.3. The van der Waals surface area contributed by atoms with Crippen LogP contribution in [0.15, 0.2) is 10.5 Å². The monoisotopic (exact) mass is 301 g/mol. The average molecular weight is 303 g/mol. The molecule has 0 aliphatic heterocycles. The van der Waals surface area contributed by atoms with Crippen molar-refractivity contribution in [2.45, 2.75) is 3.79 Å². The number of nitrogen functional groups attached to an aromatic ring is 1. The lowest BCUT2D eigenvalue weighted by Crippen LogP contribution is -2.12. The van der Waals surface area contributed by atoms with Gasteiger partial charge in [0.15, 0.2) is 23.7 Å². The molecule has 2 N–H and O–H groups in total. The number of anilines is 1. The summed E-state index contributed by atoms with van der Waals surface area (Å²) in [5, 5.41) is 5.39. The summed E-state index contributed by atoms with van der Waals surface area (Å²) in [6.45, 7) is -0.269. The Morgan fingerprint density at radius 3 is 2.81 bits per heavy atom. The van der Waals surface area contributed by atoms with Gasteiger partial charge in [-0.3, -0.25) is 4.79 Å². The number of oxime groups is 1. The van der Waals surface area contributed by atoms with Gasteiger partial charge in [0.1, 0.15) is 5.69 Å². The zero-order chi connectivity index (χ0) is 12.2. The van der Waals surface area contributed by atoms with Crippen molar-refractivity contribution >= 4 is 63.3 Å². The topological polar surface area (TPSA) is 77.6 Å². The van der Waals surface area contributed by atoms with Crippen molar-refractivity contribution in [3.63, 3.8) is 0 Å². The van der Waals surface area contributed by atoms with Crippen LogP contribution in [0.4, 0.5) is 5.13 Å². The number of hydrogen-bond donors (Lipinski definition) is 1. The van der Waals surface area contributed by atoms with Gasteiger partial charge in [-0.2, -0.15) is 0 Å². The van der Waals surface area contributed by atoms with Crippen molar-refractivity contribution in [1.29, 1.82) is 0 Å². The van der Waals surface area contributed by atoms with Crippen molar-refractivity contribution in [2.24, 2.45) is 5.16 Å². The van der Waals surface area contributed by atoms with Gasteiger partial charge in [-0.25, -0.2) is 4.98 Å². The van der Waals surface area contributed by atoms with Crippen LogP contribution in [-0.4, -0.2) is 27.4 Å². The van der Waals surface area contributed by atoms with Crippen molar-refractivity contribution in [1.82, 2.24) is 4.98 Å². The van der Waals surface area contributed by atoms with Gasteiger partial charge in [-0.1, -0.05) is 40.0 Å². The highest BCUT2D eigenvalue weighted by Crippen LogP contribution is 2.26. The van der Waals surface area contributed by atoms with E-state index >= 15 is 0 Å². The van der Waals surface area contributed by atoms with Crippen LogP contribution in [0, 0.1) is 0 Å². The van der Waals surface area contributed by atoms with E-state index in [-0.39, 0.29) is 12.3 Å². The number of carbonyl (C=O) groups is 1. The smallest absolute Gasteiger partial charge is 0.226 e. The predicted octanol–water partition coefficient (Wildman–Crippen LogP) is 2.02. The largest absolute Gasteiger partial charge is 0.391 e. The number of alkyl halides is 3. The molecule has 16 heavy (non-hydrogen) atoms. The summed E-state index contributed by atoms with van der Waals surface area (Å²) in [4.78, 5) is 19.2. The van der Waals surface area contributed by atoms with Crippen LogP contribution in [0.1, 0.15) is 5.69 Å². The van der Waals surface area contributed by atoms with Crippen LogP contribution in [0.5, 0.6) is 0 Å². The fraction of sp³-hybridized carbons (Fsp3) is 0.286. The Hall–Kier alpha value is -0.560. The molecule has 9 heteroatoms. The van der Waals surface area contributed by atoms with E-state index < -0.39 is 3.79 Å². The molecule has 1 aromatic rings. The van der Waals surface area contributed by atoms with E-state index in [4.69, 9.17) is 45.4 Å². The van der Waals surface area contributed by atoms with Crippen LogP contribution in [0.2, 0.25) is 0 Å². The van der Waals surface area contributed by atoms with Crippen LogP contribution in [0.25, 0.3) is 0 Å². The van der Waals surface area contributed by atoms with Gasteiger partial charge in [-0.15, -0.1) is 11.3 Å². The first-order valence-corrected chi connectivity index (χ1v) is 5.87. The second-order valence-electron chi connectivity index (χ2n) is 2.55. The van der Waals surface area contributed by atoms with Crippen LogP contribution < -0.4 is 5.73 Å². The van der Waals surface area contributed by atoms with Crippen molar-refractivity contribution < 1.29 is 9.63 Å². The lowest BCUT2D eigenvalue weighted by molar-refractivity contribution is -0.102. The molecule has 0 bridgehead atoms. The molecule has 1 aromatic heterocycles. The van der Waals surface area contributed by atoms with Gasteiger partial charge < -0.3 is 10.6 Å². The normalized spacial score (nSPS) is 12.6. The van der Waals surface area contributed by atoms with E-state index in [0.717, 1.165) is 0 Å². The molecule has 0 atom stereocenters. The summed E-state index contributed by atoms with van der Waals surface area (Å²) in [5.41, 5.74) is 5.71. The van der Waals surface area contributed by atoms with Crippen molar-refractivity contribution in [3.05, 3.63) is 11.1 Å². The van der Waals surface area contributed by atoms with Gasteiger partial charge in [-0.05, 0) is 0 Å². The average Bonchev–Trinajstić information content (AvgIpc) is 2.58. The zero-order valence-electron chi connectivity index (χ0n) is 7.69. The van der Waals surface area contributed by atoms with E-state index in [2.05, 4.69) is 10.1 Å². The summed E-state index contributed by atoms with van der Waals surface area (Å²) >= 11 is 17.5. The highest BCUT2D eigenvalue weighted by atomic mass is 35.6. The van der Waals surface area contributed by atoms with Crippen molar-refractivity contribution in [3.8, 4) is 0 Å². The summed E-state index contributed by atoms with van der Waals surface area (Å²) in [7, 11) is 0. The third kappa shape index (κ3) is 4.52. The Bertz CT molecular complexity index is 402. The Morgan fingerprint density at radius 2 is 2.38 bits per heavy atom. The summed E-state index contributed by atoms with van der Waals surface area (Å²) in [6, 6.07) is 0. The third-order valence-electron chi connectivity index (χ3n) is 1.29. The maximum atomic E-state index is 10.7. The van der Waals surface area contributed by atoms with Crippen molar-refractivity contribution in [2.75, 3.05) is 12.3 Å². The predicted molar refractivity (Wildman–Crippen MR) is 65.4 cm³/mol. The number of rotatable bonds is 4. The molecule has 0 fully saturated rings. The number of carbonyl (C=O) groups excluding carboxylic acids is 1. The van der Waals surface area contributed by atoms with E-state index in [1.54, 1.807) is 5.38 Å². The highest BCUT2D eigenvalue weighted by Gasteiger charge is 2.20. The molecule has 1 heterocycles. The number of aldehydes is 1. The molecule has 0 amide bonds. The van der Waals surface area contributed by atoms with E-state index in [9.17, 15) is 4.79 Å².